The van der Waals surface area contributed by atoms with E-state index in [2.05, 4.69) is 20.3 Å². The van der Waals surface area contributed by atoms with E-state index >= 15 is 0 Å². The average Bonchev–Trinajstić information content (AvgIpc) is 2.61. The molecule has 0 fully saturated rings. The summed E-state index contributed by atoms with van der Waals surface area (Å²) in [5.74, 6) is 0.739. The van der Waals surface area contributed by atoms with E-state index in [0.29, 0.717) is 12.4 Å². The van der Waals surface area contributed by atoms with Gasteiger partial charge in [-0.15, -0.1) is 10.2 Å². The Kier molecular flexibility index (Phi) is 2.67. The summed E-state index contributed by atoms with van der Waals surface area (Å²) in [7, 11) is 0. The third kappa shape index (κ3) is 1.92. The second-order valence-corrected chi connectivity index (χ2v) is 3.13. The van der Waals surface area contributed by atoms with Crippen LogP contribution in [0.5, 0.6) is 6.01 Å². The average molecular weight is 220 g/mol. The van der Waals surface area contributed by atoms with E-state index in [9.17, 15) is 0 Å². The van der Waals surface area contributed by atoms with Crippen molar-refractivity contribution in [1.82, 2.24) is 25.0 Å². The molecule has 7 nitrogen and oxygen atoms in total. The third-order valence-electron chi connectivity index (χ3n) is 1.89. The monoisotopic (exact) mass is 220 g/mol. The van der Waals surface area contributed by atoms with Gasteiger partial charge in [-0.3, -0.25) is 0 Å². The van der Waals surface area contributed by atoms with Crippen LogP contribution in [-0.4, -0.2) is 31.6 Å². The molecule has 0 aliphatic rings. The fraction of sp³-hybridized carbons (Fsp3) is 0.333. The van der Waals surface area contributed by atoms with Crippen LogP contribution in [0.2, 0.25) is 0 Å². The second-order valence-electron chi connectivity index (χ2n) is 3.13. The van der Waals surface area contributed by atoms with Crippen LogP contribution in [0.25, 0.3) is 5.82 Å². The minimum absolute atomic E-state index is 0.224. The van der Waals surface area contributed by atoms with E-state index < -0.39 is 0 Å². The Labute approximate surface area is 92.3 Å². The third-order valence-corrected chi connectivity index (χ3v) is 1.89. The van der Waals surface area contributed by atoms with Gasteiger partial charge in [0.05, 0.1) is 12.3 Å². The van der Waals surface area contributed by atoms with Gasteiger partial charge in [0.25, 0.3) is 0 Å². The first-order chi connectivity index (χ1) is 7.70. The molecule has 0 unspecified atom stereocenters. The number of nitrogen functional groups attached to an aromatic ring is 1. The Hall–Kier alpha value is -2.18. The fourth-order valence-corrected chi connectivity index (χ4v) is 1.17. The van der Waals surface area contributed by atoms with E-state index in [-0.39, 0.29) is 12.0 Å². The zero-order chi connectivity index (χ0) is 11.5. The summed E-state index contributed by atoms with van der Waals surface area (Å²) in [5.41, 5.74) is 6.51. The lowest BCUT2D eigenvalue weighted by Crippen LogP contribution is -2.05. The van der Waals surface area contributed by atoms with E-state index in [1.165, 1.54) is 4.68 Å². The maximum atomic E-state index is 5.68. The van der Waals surface area contributed by atoms with Crippen molar-refractivity contribution in [2.45, 2.75) is 13.8 Å². The van der Waals surface area contributed by atoms with E-state index in [4.69, 9.17) is 10.5 Å². The lowest BCUT2D eigenvalue weighted by atomic mass is 10.4. The number of anilines is 1. The van der Waals surface area contributed by atoms with Crippen molar-refractivity contribution < 1.29 is 4.74 Å². The van der Waals surface area contributed by atoms with Crippen LogP contribution >= 0.6 is 0 Å². The quantitative estimate of drug-likeness (QED) is 0.802. The van der Waals surface area contributed by atoms with Crippen molar-refractivity contribution >= 4 is 5.95 Å². The molecular formula is C9H12N6O. The zero-order valence-corrected chi connectivity index (χ0v) is 9.08. The highest BCUT2D eigenvalue weighted by molar-refractivity contribution is 5.31. The molecule has 2 aromatic rings. The van der Waals surface area contributed by atoms with Gasteiger partial charge < -0.3 is 10.5 Å². The number of nitrogens with two attached hydrogens (primary N) is 1. The summed E-state index contributed by atoms with van der Waals surface area (Å²) in [4.78, 5) is 3.94. The van der Waals surface area contributed by atoms with Gasteiger partial charge in [0, 0.05) is 0 Å². The van der Waals surface area contributed by atoms with E-state index in [1.54, 1.807) is 6.07 Å². The summed E-state index contributed by atoms with van der Waals surface area (Å²) in [5, 5.41) is 11.9. The van der Waals surface area contributed by atoms with Gasteiger partial charge in [0.2, 0.25) is 5.95 Å². The lowest BCUT2D eigenvalue weighted by molar-refractivity contribution is 0.312. The minimum atomic E-state index is 0.224. The first kappa shape index (κ1) is 10.3. The Morgan fingerprint density at radius 1 is 1.38 bits per heavy atom. The maximum absolute atomic E-state index is 5.68. The Morgan fingerprint density at radius 3 is 2.81 bits per heavy atom. The molecule has 2 aromatic heterocycles. The largest absolute Gasteiger partial charge is 0.463 e. The molecule has 0 bridgehead atoms. The van der Waals surface area contributed by atoms with Crippen LogP contribution in [0.1, 0.15) is 12.6 Å². The molecule has 0 saturated heterocycles. The Balaban J connectivity index is 2.36. The lowest BCUT2D eigenvalue weighted by Gasteiger charge is -1.99. The van der Waals surface area contributed by atoms with Crippen molar-refractivity contribution in [2.24, 2.45) is 0 Å². The minimum Gasteiger partial charge on any atom is -0.463 e. The van der Waals surface area contributed by atoms with Crippen LogP contribution in [0.4, 0.5) is 5.95 Å². The number of ether oxygens (including phenoxy) is 1. The summed E-state index contributed by atoms with van der Waals surface area (Å²) in [6.07, 6.45) is 0. The maximum Gasteiger partial charge on any atom is 0.337 e. The number of hydrogen-bond acceptors (Lipinski definition) is 6. The predicted octanol–water partition coefficient (Wildman–Crippen LogP) is 0.347. The van der Waals surface area contributed by atoms with Crippen molar-refractivity contribution in [3.8, 4) is 11.8 Å². The summed E-state index contributed by atoms with van der Waals surface area (Å²) in [6.45, 7) is 4.19. The summed E-state index contributed by atoms with van der Waals surface area (Å²) < 4.78 is 6.53. The first-order valence-electron chi connectivity index (χ1n) is 4.86. The van der Waals surface area contributed by atoms with Crippen molar-refractivity contribution in [2.75, 3.05) is 12.3 Å². The molecule has 16 heavy (non-hydrogen) atoms. The molecule has 0 saturated carbocycles. The molecule has 0 atom stereocenters. The topological polar surface area (TPSA) is 91.7 Å². The molecule has 0 amide bonds. The van der Waals surface area contributed by atoms with Crippen LogP contribution in [-0.2, 0) is 0 Å². The number of rotatable bonds is 3. The predicted molar refractivity (Wildman–Crippen MR) is 57.3 cm³/mol. The molecule has 0 spiro atoms. The Morgan fingerprint density at radius 2 is 2.19 bits per heavy atom. The molecule has 0 aliphatic carbocycles. The molecule has 2 rings (SSSR count). The van der Waals surface area contributed by atoms with Crippen LogP contribution < -0.4 is 10.5 Å². The molecular weight excluding hydrogens is 208 g/mol. The van der Waals surface area contributed by atoms with Crippen molar-refractivity contribution in [3.63, 3.8) is 0 Å². The number of hydrogen-bond donors (Lipinski definition) is 1. The van der Waals surface area contributed by atoms with Gasteiger partial charge in [0.1, 0.15) is 0 Å². The summed E-state index contributed by atoms with van der Waals surface area (Å²) >= 11 is 0. The van der Waals surface area contributed by atoms with Gasteiger partial charge in [-0.1, -0.05) is 0 Å². The second kappa shape index (κ2) is 4.13. The SMILES string of the molecule is CCOc1nc(N)n(-c2ccc(C)nn2)n1. The molecule has 84 valence electrons. The van der Waals surface area contributed by atoms with Gasteiger partial charge in [-0.05, 0) is 26.0 Å². The normalized spacial score (nSPS) is 10.4. The first-order valence-corrected chi connectivity index (χ1v) is 4.86. The molecule has 0 aliphatic heterocycles. The van der Waals surface area contributed by atoms with Gasteiger partial charge >= 0.3 is 6.01 Å². The number of nitrogens with zero attached hydrogens (tertiary/aromatic N) is 5. The van der Waals surface area contributed by atoms with Gasteiger partial charge in [-0.25, -0.2) is 0 Å². The van der Waals surface area contributed by atoms with Crippen LogP contribution in [0, 0.1) is 6.92 Å². The highest BCUT2D eigenvalue weighted by atomic mass is 16.5. The smallest absolute Gasteiger partial charge is 0.337 e. The van der Waals surface area contributed by atoms with E-state index in [0.717, 1.165) is 5.69 Å². The zero-order valence-electron chi connectivity index (χ0n) is 9.08. The molecule has 0 aromatic carbocycles. The van der Waals surface area contributed by atoms with E-state index in [1.807, 2.05) is 19.9 Å². The van der Waals surface area contributed by atoms with Crippen molar-refractivity contribution in [3.05, 3.63) is 17.8 Å². The molecule has 2 heterocycles. The molecule has 0 radical (unpaired) electrons. The number of aromatic nitrogens is 5. The molecule has 2 N–H and O–H groups in total. The summed E-state index contributed by atoms with van der Waals surface area (Å²) in [6, 6.07) is 3.83. The Bertz CT molecular complexity index is 477. The molecule has 7 heteroatoms. The highest BCUT2D eigenvalue weighted by Crippen LogP contribution is 2.12. The number of aryl methyl sites for hydroxylation is 1. The van der Waals surface area contributed by atoms with Gasteiger partial charge in [-0.2, -0.15) is 14.8 Å². The van der Waals surface area contributed by atoms with Gasteiger partial charge in [0.15, 0.2) is 5.82 Å². The fourth-order valence-electron chi connectivity index (χ4n) is 1.17. The highest BCUT2D eigenvalue weighted by Gasteiger charge is 2.10. The van der Waals surface area contributed by atoms with Crippen molar-refractivity contribution in [1.29, 1.82) is 0 Å². The van der Waals surface area contributed by atoms with Crippen LogP contribution in [0.15, 0.2) is 12.1 Å². The van der Waals surface area contributed by atoms with Crippen LogP contribution in [0.3, 0.4) is 0 Å². The standard InChI is InChI=1S/C9H12N6O/c1-3-16-9-11-8(10)15(14-9)7-5-4-6(2)12-13-7/h4-5H,3H2,1-2H3,(H2,10,11,14).